The molecule has 0 aliphatic rings. The summed E-state index contributed by atoms with van der Waals surface area (Å²) in [7, 11) is 1.48. The number of nitro groups is 1. The van der Waals surface area contributed by atoms with Gasteiger partial charge >= 0.3 is 5.97 Å². The summed E-state index contributed by atoms with van der Waals surface area (Å²) in [5.74, 6) is 0.592. The first-order chi connectivity index (χ1) is 11.5. The number of carbonyl (C=O) groups is 1. The molecule has 0 aromatic heterocycles. The Labute approximate surface area is 138 Å². The number of rotatable bonds is 6. The zero-order chi connectivity index (χ0) is 17.7. The van der Waals surface area contributed by atoms with Crippen molar-refractivity contribution in [1.82, 2.24) is 0 Å². The van der Waals surface area contributed by atoms with Gasteiger partial charge in [0.25, 0.3) is 5.69 Å². The lowest BCUT2D eigenvalue weighted by atomic mass is 10.2. The first-order valence-electron chi connectivity index (χ1n) is 7.24. The molecule has 7 nitrogen and oxygen atoms in total. The minimum atomic E-state index is -0.593. The van der Waals surface area contributed by atoms with Crippen LogP contribution in [0, 0.1) is 17.0 Å². The Morgan fingerprint density at radius 2 is 1.92 bits per heavy atom. The maximum absolute atomic E-state index is 12.2. The molecule has 0 saturated heterocycles. The lowest BCUT2D eigenvalue weighted by Gasteiger charge is -2.11. The van der Waals surface area contributed by atoms with E-state index in [2.05, 4.69) is 0 Å². The van der Waals surface area contributed by atoms with Crippen LogP contribution in [0.15, 0.2) is 36.4 Å². The Balaban J connectivity index is 2.20. The van der Waals surface area contributed by atoms with Crippen molar-refractivity contribution in [2.75, 3.05) is 13.7 Å². The number of nitro benzene ring substituents is 1. The van der Waals surface area contributed by atoms with Gasteiger partial charge in [0.1, 0.15) is 5.75 Å². The molecule has 0 N–H and O–H groups in total. The van der Waals surface area contributed by atoms with E-state index >= 15 is 0 Å². The molecule has 24 heavy (non-hydrogen) atoms. The second-order valence-corrected chi connectivity index (χ2v) is 4.89. The van der Waals surface area contributed by atoms with Gasteiger partial charge < -0.3 is 14.2 Å². The van der Waals surface area contributed by atoms with Crippen molar-refractivity contribution in [2.45, 2.75) is 13.8 Å². The fourth-order valence-corrected chi connectivity index (χ4v) is 2.13. The molecule has 0 heterocycles. The highest BCUT2D eigenvalue weighted by molar-refractivity contribution is 5.91. The molecule has 0 atom stereocenters. The second kappa shape index (κ2) is 7.45. The van der Waals surface area contributed by atoms with Crippen molar-refractivity contribution in [3.05, 3.63) is 57.6 Å². The fourth-order valence-electron chi connectivity index (χ4n) is 2.13. The molecular weight excluding hydrogens is 314 g/mol. The highest BCUT2D eigenvalue weighted by Gasteiger charge is 2.15. The van der Waals surface area contributed by atoms with Gasteiger partial charge in [-0.3, -0.25) is 10.1 Å². The Morgan fingerprint density at radius 3 is 2.50 bits per heavy atom. The van der Waals surface area contributed by atoms with E-state index in [-0.39, 0.29) is 17.0 Å². The van der Waals surface area contributed by atoms with E-state index in [1.54, 1.807) is 19.1 Å². The van der Waals surface area contributed by atoms with E-state index in [0.717, 1.165) is 0 Å². The number of esters is 1. The van der Waals surface area contributed by atoms with Crippen molar-refractivity contribution < 1.29 is 23.9 Å². The molecule has 126 valence electrons. The molecule has 7 heteroatoms. The fraction of sp³-hybridized carbons (Fsp3) is 0.235. The number of ether oxygens (including phenoxy) is 3. The summed E-state index contributed by atoms with van der Waals surface area (Å²) in [6.07, 6.45) is 0. The summed E-state index contributed by atoms with van der Waals surface area (Å²) in [5, 5.41) is 10.8. The Morgan fingerprint density at radius 1 is 1.17 bits per heavy atom. The van der Waals surface area contributed by atoms with E-state index in [1.165, 1.54) is 31.4 Å². The van der Waals surface area contributed by atoms with Gasteiger partial charge in [-0.15, -0.1) is 0 Å². The van der Waals surface area contributed by atoms with Crippen LogP contribution < -0.4 is 14.2 Å². The van der Waals surface area contributed by atoms with Crippen LogP contribution in [0.5, 0.6) is 17.2 Å². The Hall–Kier alpha value is -3.09. The molecule has 2 aromatic carbocycles. The van der Waals surface area contributed by atoms with Crippen LogP contribution in [0.2, 0.25) is 0 Å². The van der Waals surface area contributed by atoms with Gasteiger partial charge in [-0.1, -0.05) is 0 Å². The summed E-state index contributed by atoms with van der Waals surface area (Å²) < 4.78 is 15.8. The summed E-state index contributed by atoms with van der Waals surface area (Å²) in [6, 6.07) is 8.84. The predicted octanol–water partition coefficient (Wildman–Crippen LogP) is 3.53. The molecule has 0 fully saturated rings. The van der Waals surface area contributed by atoms with Gasteiger partial charge in [0.05, 0.1) is 24.2 Å². The van der Waals surface area contributed by atoms with Crippen LogP contribution in [-0.4, -0.2) is 24.6 Å². The van der Waals surface area contributed by atoms with Gasteiger partial charge in [0.15, 0.2) is 11.5 Å². The molecule has 2 rings (SSSR count). The highest BCUT2D eigenvalue weighted by atomic mass is 16.6. The van der Waals surface area contributed by atoms with E-state index in [9.17, 15) is 14.9 Å². The molecule has 0 amide bonds. The quantitative estimate of drug-likeness (QED) is 0.348. The third-order valence-electron chi connectivity index (χ3n) is 3.27. The minimum Gasteiger partial charge on any atom is -0.493 e. The lowest BCUT2D eigenvalue weighted by Crippen LogP contribution is -2.09. The van der Waals surface area contributed by atoms with Gasteiger partial charge in [0, 0.05) is 11.6 Å². The number of carbonyl (C=O) groups excluding carboxylic acids is 1. The average Bonchev–Trinajstić information content (AvgIpc) is 2.55. The maximum Gasteiger partial charge on any atom is 0.343 e. The molecule has 2 aromatic rings. The first-order valence-corrected chi connectivity index (χ1v) is 7.24. The molecule has 0 aliphatic heterocycles. The zero-order valence-electron chi connectivity index (χ0n) is 13.6. The molecule has 0 unspecified atom stereocenters. The number of hydrogen-bond acceptors (Lipinski definition) is 6. The smallest absolute Gasteiger partial charge is 0.343 e. The number of nitrogens with zero attached hydrogens (tertiary/aromatic N) is 1. The van der Waals surface area contributed by atoms with Crippen LogP contribution in [0.25, 0.3) is 0 Å². The van der Waals surface area contributed by atoms with Gasteiger partial charge in [-0.05, 0) is 44.2 Å². The van der Waals surface area contributed by atoms with Gasteiger partial charge in [-0.2, -0.15) is 0 Å². The van der Waals surface area contributed by atoms with Crippen molar-refractivity contribution >= 4 is 11.7 Å². The van der Waals surface area contributed by atoms with E-state index < -0.39 is 10.9 Å². The summed E-state index contributed by atoms with van der Waals surface area (Å²) in [5.41, 5.74) is 0.665. The first kappa shape index (κ1) is 17.3. The van der Waals surface area contributed by atoms with Crippen molar-refractivity contribution in [2.24, 2.45) is 0 Å². The number of methoxy groups -OCH3 is 1. The normalized spacial score (nSPS) is 10.1. The summed E-state index contributed by atoms with van der Waals surface area (Å²) >= 11 is 0. The van der Waals surface area contributed by atoms with E-state index in [4.69, 9.17) is 14.2 Å². The molecular formula is C17H17NO6. The van der Waals surface area contributed by atoms with E-state index in [0.29, 0.717) is 23.7 Å². The summed E-state index contributed by atoms with van der Waals surface area (Å²) in [4.78, 5) is 22.5. The monoisotopic (exact) mass is 331 g/mol. The highest BCUT2D eigenvalue weighted by Crippen LogP contribution is 2.29. The predicted molar refractivity (Wildman–Crippen MR) is 87.0 cm³/mol. The standard InChI is InChI=1S/C17H17NO6/c1-4-23-15-8-5-12(10-16(15)22-3)17(19)24-13-6-7-14(18(20)21)11(2)9-13/h5-10H,4H2,1-3H3. The third-order valence-corrected chi connectivity index (χ3v) is 3.27. The molecule has 0 bridgehead atoms. The zero-order valence-corrected chi connectivity index (χ0v) is 13.6. The molecule has 0 saturated carbocycles. The SMILES string of the molecule is CCOc1ccc(C(=O)Oc2ccc([N+](=O)[O-])c(C)c2)cc1OC. The Bertz CT molecular complexity index is 772. The third kappa shape index (κ3) is 3.81. The molecule has 0 radical (unpaired) electrons. The van der Waals surface area contributed by atoms with E-state index in [1.807, 2.05) is 6.92 Å². The second-order valence-electron chi connectivity index (χ2n) is 4.89. The topological polar surface area (TPSA) is 87.9 Å². The maximum atomic E-state index is 12.2. The average molecular weight is 331 g/mol. The van der Waals surface area contributed by atoms with Crippen LogP contribution in [0.3, 0.4) is 0 Å². The summed E-state index contributed by atoms with van der Waals surface area (Å²) in [6.45, 7) is 3.90. The lowest BCUT2D eigenvalue weighted by molar-refractivity contribution is -0.385. The van der Waals surface area contributed by atoms with Crippen LogP contribution in [0.1, 0.15) is 22.8 Å². The molecule has 0 aliphatic carbocycles. The van der Waals surface area contributed by atoms with Gasteiger partial charge in [0.2, 0.25) is 0 Å². The number of hydrogen-bond donors (Lipinski definition) is 0. The minimum absolute atomic E-state index is 0.0301. The van der Waals surface area contributed by atoms with Crippen LogP contribution >= 0.6 is 0 Å². The Kier molecular flexibility index (Phi) is 5.36. The van der Waals surface area contributed by atoms with Crippen molar-refractivity contribution in [3.63, 3.8) is 0 Å². The van der Waals surface area contributed by atoms with Crippen LogP contribution in [0.4, 0.5) is 5.69 Å². The van der Waals surface area contributed by atoms with Crippen molar-refractivity contribution in [3.8, 4) is 17.2 Å². The van der Waals surface area contributed by atoms with Crippen LogP contribution in [-0.2, 0) is 0 Å². The number of benzene rings is 2. The number of aryl methyl sites for hydroxylation is 1. The van der Waals surface area contributed by atoms with Gasteiger partial charge in [-0.25, -0.2) is 4.79 Å². The molecule has 0 spiro atoms. The largest absolute Gasteiger partial charge is 0.493 e. The van der Waals surface area contributed by atoms with Crippen molar-refractivity contribution in [1.29, 1.82) is 0 Å².